The van der Waals surface area contributed by atoms with Crippen LogP contribution in [0.15, 0.2) is 12.1 Å². The Morgan fingerprint density at radius 1 is 1.00 bits per heavy atom. The molecule has 0 bridgehead atoms. The van der Waals surface area contributed by atoms with E-state index >= 15 is 0 Å². The Bertz CT molecular complexity index is 414. The minimum absolute atomic E-state index is 0.0705. The maximum atomic E-state index is 13.5. The standard InChI is InChI=1S/C14H16ClF3/c15-11(6-9-4-2-1-3-5-9)10-7-13(17)14(18)8-12(10)16/h7-9,11H,1-6H2. The first-order valence-corrected chi connectivity index (χ1v) is 6.80. The SMILES string of the molecule is Fc1cc(F)c(C(Cl)CC2CCCCC2)cc1F. The fourth-order valence-corrected chi connectivity index (χ4v) is 3.04. The van der Waals surface area contributed by atoms with Crippen molar-refractivity contribution in [1.82, 2.24) is 0 Å². The average Bonchev–Trinajstić information content (AvgIpc) is 2.35. The van der Waals surface area contributed by atoms with Gasteiger partial charge in [0.05, 0.1) is 5.38 Å². The lowest BCUT2D eigenvalue weighted by Gasteiger charge is -2.24. The number of rotatable bonds is 3. The monoisotopic (exact) mass is 276 g/mol. The van der Waals surface area contributed by atoms with Gasteiger partial charge in [0.25, 0.3) is 0 Å². The van der Waals surface area contributed by atoms with E-state index in [0.717, 1.165) is 18.9 Å². The molecule has 1 unspecified atom stereocenters. The molecule has 0 N–H and O–H groups in total. The predicted molar refractivity (Wildman–Crippen MR) is 66.1 cm³/mol. The van der Waals surface area contributed by atoms with Crippen LogP contribution in [-0.2, 0) is 0 Å². The molecule has 0 heterocycles. The Labute approximate surface area is 110 Å². The maximum absolute atomic E-state index is 13.5. The van der Waals surface area contributed by atoms with E-state index in [1.807, 2.05) is 0 Å². The first-order valence-electron chi connectivity index (χ1n) is 6.36. The van der Waals surface area contributed by atoms with Crippen LogP contribution in [0, 0.1) is 23.4 Å². The van der Waals surface area contributed by atoms with Gasteiger partial charge in [-0.3, -0.25) is 0 Å². The molecule has 1 aromatic carbocycles. The molecule has 100 valence electrons. The fraction of sp³-hybridized carbons (Fsp3) is 0.571. The van der Waals surface area contributed by atoms with Crippen molar-refractivity contribution in [1.29, 1.82) is 0 Å². The van der Waals surface area contributed by atoms with Crippen LogP contribution in [0.3, 0.4) is 0 Å². The highest BCUT2D eigenvalue weighted by molar-refractivity contribution is 6.20. The lowest BCUT2D eigenvalue weighted by Crippen LogP contribution is -2.10. The quantitative estimate of drug-likeness (QED) is 0.515. The van der Waals surface area contributed by atoms with Crippen molar-refractivity contribution in [2.24, 2.45) is 5.92 Å². The molecular formula is C14H16ClF3. The van der Waals surface area contributed by atoms with Crippen molar-refractivity contribution in [3.05, 3.63) is 35.1 Å². The van der Waals surface area contributed by atoms with Crippen LogP contribution in [0.1, 0.15) is 49.5 Å². The first kappa shape index (κ1) is 13.7. The normalized spacial score (nSPS) is 18.9. The molecule has 18 heavy (non-hydrogen) atoms. The summed E-state index contributed by atoms with van der Waals surface area (Å²) < 4.78 is 39.5. The second kappa shape index (κ2) is 5.96. The van der Waals surface area contributed by atoms with E-state index in [9.17, 15) is 13.2 Å². The zero-order valence-electron chi connectivity index (χ0n) is 10.1. The van der Waals surface area contributed by atoms with E-state index in [1.165, 1.54) is 19.3 Å². The van der Waals surface area contributed by atoms with Crippen LogP contribution in [0.2, 0.25) is 0 Å². The number of hydrogen-bond acceptors (Lipinski definition) is 0. The van der Waals surface area contributed by atoms with Gasteiger partial charge >= 0.3 is 0 Å². The van der Waals surface area contributed by atoms with Crippen LogP contribution in [0.5, 0.6) is 0 Å². The van der Waals surface area contributed by atoms with Crippen LogP contribution in [-0.4, -0.2) is 0 Å². The van der Waals surface area contributed by atoms with E-state index in [1.54, 1.807) is 0 Å². The smallest absolute Gasteiger partial charge is 0.161 e. The number of alkyl halides is 1. The lowest BCUT2D eigenvalue weighted by atomic mass is 9.85. The minimum atomic E-state index is -1.17. The van der Waals surface area contributed by atoms with E-state index in [-0.39, 0.29) is 5.56 Å². The highest BCUT2D eigenvalue weighted by Crippen LogP contribution is 2.36. The lowest BCUT2D eigenvalue weighted by molar-refractivity contribution is 0.334. The summed E-state index contributed by atoms with van der Waals surface area (Å²) in [5.74, 6) is -2.50. The highest BCUT2D eigenvalue weighted by atomic mass is 35.5. The summed E-state index contributed by atoms with van der Waals surface area (Å²) in [5, 5.41) is -0.580. The molecule has 1 saturated carbocycles. The van der Waals surface area contributed by atoms with Gasteiger partial charge in [-0.2, -0.15) is 0 Å². The Morgan fingerprint density at radius 2 is 1.61 bits per heavy atom. The van der Waals surface area contributed by atoms with Crippen LogP contribution in [0.4, 0.5) is 13.2 Å². The molecule has 1 fully saturated rings. The molecule has 0 aliphatic heterocycles. The Morgan fingerprint density at radius 3 is 2.28 bits per heavy atom. The highest BCUT2D eigenvalue weighted by Gasteiger charge is 2.22. The second-order valence-corrected chi connectivity index (χ2v) is 5.52. The van der Waals surface area contributed by atoms with Gasteiger partial charge in [-0.25, -0.2) is 13.2 Å². The van der Waals surface area contributed by atoms with Crippen LogP contribution < -0.4 is 0 Å². The minimum Gasteiger partial charge on any atom is -0.207 e. The summed E-state index contributed by atoms with van der Waals surface area (Å²) in [6.07, 6.45) is 6.40. The van der Waals surface area contributed by atoms with Crippen molar-refractivity contribution in [3.63, 3.8) is 0 Å². The number of hydrogen-bond donors (Lipinski definition) is 0. The van der Waals surface area contributed by atoms with Gasteiger partial charge in [-0.1, -0.05) is 32.1 Å². The molecule has 0 amide bonds. The fourth-order valence-electron chi connectivity index (χ4n) is 2.62. The summed E-state index contributed by atoms with van der Waals surface area (Å²) in [7, 11) is 0. The van der Waals surface area contributed by atoms with Crippen molar-refractivity contribution < 1.29 is 13.2 Å². The van der Waals surface area contributed by atoms with Gasteiger partial charge in [0.2, 0.25) is 0 Å². The molecule has 0 nitrogen and oxygen atoms in total. The van der Waals surface area contributed by atoms with E-state index in [0.29, 0.717) is 18.4 Å². The average molecular weight is 277 g/mol. The predicted octanol–water partition coefficient (Wildman–Crippen LogP) is 5.35. The third-order valence-electron chi connectivity index (χ3n) is 3.64. The first-order chi connectivity index (χ1) is 8.58. The zero-order valence-corrected chi connectivity index (χ0v) is 10.8. The van der Waals surface area contributed by atoms with Crippen molar-refractivity contribution in [3.8, 4) is 0 Å². The summed E-state index contributed by atoms with van der Waals surface area (Å²) >= 11 is 6.14. The van der Waals surface area contributed by atoms with Crippen molar-refractivity contribution in [2.75, 3.05) is 0 Å². The number of benzene rings is 1. The molecule has 0 radical (unpaired) electrons. The van der Waals surface area contributed by atoms with E-state index in [4.69, 9.17) is 11.6 Å². The van der Waals surface area contributed by atoms with E-state index in [2.05, 4.69) is 0 Å². The Hall–Kier alpha value is -0.700. The second-order valence-electron chi connectivity index (χ2n) is 5.00. The molecule has 1 aliphatic rings. The summed E-state index contributed by atoms with van der Waals surface area (Å²) in [4.78, 5) is 0. The summed E-state index contributed by atoms with van der Waals surface area (Å²) in [6, 6.07) is 1.45. The third-order valence-corrected chi connectivity index (χ3v) is 4.06. The Kier molecular flexibility index (Phi) is 4.55. The van der Waals surface area contributed by atoms with Crippen LogP contribution in [0.25, 0.3) is 0 Å². The molecular weight excluding hydrogens is 261 g/mol. The van der Waals surface area contributed by atoms with Crippen molar-refractivity contribution in [2.45, 2.75) is 43.9 Å². The van der Waals surface area contributed by atoms with Gasteiger partial charge in [0, 0.05) is 11.6 Å². The van der Waals surface area contributed by atoms with Gasteiger partial charge < -0.3 is 0 Å². The molecule has 1 aromatic rings. The van der Waals surface area contributed by atoms with Crippen LogP contribution >= 0.6 is 11.6 Å². The molecule has 2 rings (SSSR count). The van der Waals surface area contributed by atoms with Gasteiger partial charge in [0.15, 0.2) is 11.6 Å². The van der Waals surface area contributed by atoms with E-state index < -0.39 is 22.8 Å². The molecule has 0 spiro atoms. The Balaban J connectivity index is 2.08. The van der Waals surface area contributed by atoms with Gasteiger partial charge in [-0.05, 0) is 18.4 Å². The molecule has 0 saturated heterocycles. The topological polar surface area (TPSA) is 0 Å². The maximum Gasteiger partial charge on any atom is 0.161 e. The third kappa shape index (κ3) is 3.19. The summed E-state index contributed by atoms with van der Waals surface area (Å²) in [5.41, 5.74) is 0.0705. The summed E-state index contributed by atoms with van der Waals surface area (Å²) in [6.45, 7) is 0. The van der Waals surface area contributed by atoms with Gasteiger partial charge in [0.1, 0.15) is 5.82 Å². The number of halogens is 4. The molecule has 0 aromatic heterocycles. The van der Waals surface area contributed by atoms with Gasteiger partial charge in [-0.15, -0.1) is 11.6 Å². The zero-order chi connectivity index (χ0) is 13.1. The van der Waals surface area contributed by atoms with Crippen molar-refractivity contribution >= 4 is 11.6 Å². The largest absolute Gasteiger partial charge is 0.207 e. The molecule has 4 heteroatoms. The molecule has 1 aliphatic carbocycles. The molecule has 1 atom stereocenters.